The molecule has 1 amide bonds. The van der Waals surface area contributed by atoms with Gasteiger partial charge in [-0.2, -0.15) is 0 Å². The molecular formula is C14H21ClN4O. The molecule has 2 aliphatic rings. The summed E-state index contributed by atoms with van der Waals surface area (Å²) in [5, 5.41) is 3.77. The van der Waals surface area contributed by atoms with Crippen molar-refractivity contribution in [2.45, 2.75) is 38.3 Å². The van der Waals surface area contributed by atoms with Gasteiger partial charge in [0, 0.05) is 19.0 Å². The van der Waals surface area contributed by atoms with E-state index < -0.39 is 0 Å². The van der Waals surface area contributed by atoms with Crippen LogP contribution in [-0.4, -0.2) is 39.5 Å². The molecule has 1 aliphatic carbocycles. The first-order chi connectivity index (χ1) is 9.63. The van der Waals surface area contributed by atoms with Crippen LogP contribution in [0.1, 0.15) is 31.5 Å². The zero-order valence-corrected chi connectivity index (χ0v) is 12.6. The minimum atomic E-state index is 0.191. The van der Waals surface area contributed by atoms with E-state index in [-0.39, 0.29) is 11.8 Å². The summed E-state index contributed by atoms with van der Waals surface area (Å²) in [6.45, 7) is 2.71. The molecule has 20 heavy (non-hydrogen) atoms. The molecule has 0 bridgehead atoms. The molecule has 1 aromatic rings. The summed E-state index contributed by atoms with van der Waals surface area (Å²) in [7, 11) is 1.93. The summed E-state index contributed by atoms with van der Waals surface area (Å²) in [6, 6.07) is 0.468. The second kappa shape index (κ2) is 5.74. The smallest absolute Gasteiger partial charge is 0.223 e. The number of piperidine rings is 1. The maximum atomic E-state index is 12.0. The number of carbonyl (C=O) groups excluding carboxylic acids is 1. The third-order valence-electron chi connectivity index (χ3n) is 4.27. The summed E-state index contributed by atoms with van der Waals surface area (Å²) in [6.07, 6.45) is 5.88. The number of rotatable bonds is 4. The summed E-state index contributed by atoms with van der Waals surface area (Å²) in [5.74, 6) is 1.43. The molecule has 110 valence electrons. The standard InChI is InChI=1S/C14H21ClN4O/c1-18-12(15)8-16-13(18)9-19-6-4-10(5-7-19)14(20)17-11-2-3-11/h8,10-11H,2-7,9H2,1H3,(H,17,20). The zero-order valence-electron chi connectivity index (χ0n) is 11.8. The number of nitrogens with one attached hydrogen (secondary N) is 1. The van der Waals surface area contributed by atoms with Crippen molar-refractivity contribution in [1.29, 1.82) is 0 Å². The highest BCUT2D eigenvalue weighted by molar-refractivity contribution is 6.29. The van der Waals surface area contributed by atoms with Gasteiger partial charge in [-0.3, -0.25) is 9.69 Å². The SMILES string of the molecule is Cn1c(Cl)cnc1CN1CCC(C(=O)NC2CC2)CC1. The number of hydrogen-bond donors (Lipinski definition) is 1. The van der Waals surface area contributed by atoms with Crippen LogP contribution in [0.4, 0.5) is 0 Å². The molecule has 1 saturated heterocycles. The number of amides is 1. The second-order valence-corrected chi connectivity index (χ2v) is 6.28. The van der Waals surface area contributed by atoms with Gasteiger partial charge in [-0.15, -0.1) is 0 Å². The van der Waals surface area contributed by atoms with Gasteiger partial charge in [0.15, 0.2) is 0 Å². The molecule has 5 nitrogen and oxygen atoms in total. The first kappa shape index (κ1) is 13.9. The van der Waals surface area contributed by atoms with Gasteiger partial charge in [-0.1, -0.05) is 11.6 Å². The van der Waals surface area contributed by atoms with Gasteiger partial charge in [-0.05, 0) is 38.8 Å². The Balaban J connectivity index is 1.48. The minimum absolute atomic E-state index is 0.191. The van der Waals surface area contributed by atoms with Gasteiger partial charge in [0.25, 0.3) is 0 Å². The number of aromatic nitrogens is 2. The molecule has 6 heteroatoms. The average molecular weight is 297 g/mol. The first-order valence-electron chi connectivity index (χ1n) is 7.32. The van der Waals surface area contributed by atoms with Gasteiger partial charge >= 0.3 is 0 Å². The van der Waals surface area contributed by atoms with Gasteiger partial charge in [0.1, 0.15) is 11.0 Å². The van der Waals surface area contributed by atoms with E-state index in [0.717, 1.165) is 51.1 Å². The van der Waals surface area contributed by atoms with E-state index in [1.165, 1.54) is 0 Å². The van der Waals surface area contributed by atoms with Gasteiger partial charge in [0.2, 0.25) is 5.91 Å². The summed E-state index contributed by atoms with van der Waals surface area (Å²) < 4.78 is 1.91. The lowest BCUT2D eigenvalue weighted by atomic mass is 9.96. The Morgan fingerprint density at radius 1 is 1.40 bits per heavy atom. The molecule has 2 fully saturated rings. The Morgan fingerprint density at radius 3 is 2.65 bits per heavy atom. The monoisotopic (exact) mass is 296 g/mol. The Bertz CT molecular complexity index is 489. The van der Waals surface area contributed by atoms with Crippen molar-refractivity contribution in [3.05, 3.63) is 17.2 Å². The maximum Gasteiger partial charge on any atom is 0.223 e. The van der Waals surface area contributed by atoms with Crippen LogP contribution in [0.15, 0.2) is 6.20 Å². The van der Waals surface area contributed by atoms with E-state index in [1.54, 1.807) is 6.20 Å². The molecule has 0 atom stereocenters. The fourth-order valence-electron chi connectivity index (χ4n) is 2.67. The van der Waals surface area contributed by atoms with Gasteiger partial charge in [0.05, 0.1) is 12.7 Å². The number of halogens is 1. The van der Waals surface area contributed by atoms with Crippen LogP contribution in [0.5, 0.6) is 0 Å². The van der Waals surface area contributed by atoms with Crippen molar-refractivity contribution in [3.8, 4) is 0 Å². The predicted octanol–water partition coefficient (Wildman–Crippen LogP) is 1.56. The van der Waals surface area contributed by atoms with Crippen molar-refractivity contribution in [2.24, 2.45) is 13.0 Å². The van der Waals surface area contributed by atoms with E-state index in [2.05, 4.69) is 15.2 Å². The van der Waals surface area contributed by atoms with Gasteiger partial charge in [-0.25, -0.2) is 4.98 Å². The Morgan fingerprint density at radius 2 is 2.10 bits per heavy atom. The van der Waals surface area contributed by atoms with Gasteiger partial charge < -0.3 is 9.88 Å². The molecule has 0 aromatic carbocycles. The Hall–Kier alpha value is -1.07. The molecule has 2 heterocycles. The van der Waals surface area contributed by atoms with Crippen molar-refractivity contribution in [1.82, 2.24) is 19.8 Å². The van der Waals surface area contributed by atoms with E-state index in [4.69, 9.17) is 11.6 Å². The van der Waals surface area contributed by atoms with Crippen LogP contribution in [0.3, 0.4) is 0 Å². The number of carbonyl (C=O) groups is 1. The largest absolute Gasteiger partial charge is 0.353 e. The zero-order chi connectivity index (χ0) is 14.1. The van der Waals surface area contributed by atoms with E-state index >= 15 is 0 Å². The number of nitrogens with zero attached hydrogens (tertiary/aromatic N) is 3. The normalized spacial score (nSPS) is 21.1. The number of hydrogen-bond acceptors (Lipinski definition) is 3. The highest BCUT2D eigenvalue weighted by Gasteiger charge is 2.30. The van der Waals surface area contributed by atoms with Crippen LogP contribution in [-0.2, 0) is 18.4 Å². The van der Waals surface area contributed by atoms with E-state index in [0.29, 0.717) is 11.2 Å². The van der Waals surface area contributed by atoms with Crippen LogP contribution in [0.25, 0.3) is 0 Å². The molecule has 0 unspecified atom stereocenters. The molecule has 1 aromatic heterocycles. The third-order valence-corrected chi connectivity index (χ3v) is 4.63. The van der Waals surface area contributed by atoms with Crippen LogP contribution < -0.4 is 5.32 Å². The van der Waals surface area contributed by atoms with E-state index in [1.807, 2.05) is 11.6 Å². The Kier molecular flexibility index (Phi) is 3.98. The topological polar surface area (TPSA) is 50.2 Å². The van der Waals surface area contributed by atoms with Crippen molar-refractivity contribution in [2.75, 3.05) is 13.1 Å². The summed E-state index contributed by atoms with van der Waals surface area (Å²) in [5.41, 5.74) is 0. The van der Waals surface area contributed by atoms with Crippen LogP contribution >= 0.6 is 11.6 Å². The van der Waals surface area contributed by atoms with Crippen molar-refractivity contribution >= 4 is 17.5 Å². The molecule has 0 spiro atoms. The average Bonchev–Trinajstić information content (AvgIpc) is 3.21. The molecule has 3 rings (SSSR count). The predicted molar refractivity (Wildman–Crippen MR) is 77.4 cm³/mol. The minimum Gasteiger partial charge on any atom is -0.353 e. The molecule has 0 radical (unpaired) electrons. The molecule has 1 N–H and O–H groups in total. The van der Waals surface area contributed by atoms with Crippen molar-refractivity contribution < 1.29 is 4.79 Å². The highest BCUT2D eigenvalue weighted by atomic mass is 35.5. The summed E-state index contributed by atoms with van der Waals surface area (Å²) >= 11 is 6.00. The summed E-state index contributed by atoms with van der Waals surface area (Å²) in [4.78, 5) is 18.7. The second-order valence-electron chi connectivity index (χ2n) is 5.89. The molecule has 1 saturated carbocycles. The fourth-order valence-corrected chi connectivity index (χ4v) is 2.82. The van der Waals surface area contributed by atoms with Crippen LogP contribution in [0.2, 0.25) is 5.15 Å². The fraction of sp³-hybridized carbons (Fsp3) is 0.714. The number of imidazole rings is 1. The molecular weight excluding hydrogens is 276 g/mol. The molecule has 1 aliphatic heterocycles. The number of likely N-dealkylation sites (tertiary alicyclic amines) is 1. The Labute approximate surface area is 124 Å². The quantitative estimate of drug-likeness (QED) is 0.917. The maximum absolute atomic E-state index is 12.0. The lowest BCUT2D eigenvalue weighted by Crippen LogP contribution is -2.41. The lowest BCUT2D eigenvalue weighted by Gasteiger charge is -2.31. The third kappa shape index (κ3) is 3.15. The first-order valence-corrected chi connectivity index (χ1v) is 7.70. The highest BCUT2D eigenvalue weighted by Crippen LogP contribution is 2.23. The van der Waals surface area contributed by atoms with Crippen molar-refractivity contribution in [3.63, 3.8) is 0 Å². The van der Waals surface area contributed by atoms with Crippen LogP contribution in [0, 0.1) is 5.92 Å². The van der Waals surface area contributed by atoms with E-state index in [9.17, 15) is 4.79 Å². The lowest BCUT2D eigenvalue weighted by molar-refractivity contribution is -0.126.